The Morgan fingerprint density at radius 1 is 1.44 bits per heavy atom. The number of hydrogen-bond donors (Lipinski definition) is 1. The van der Waals surface area contributed by atoms with Gasteiger partial charge in [-0.2, -0.15) is 4.31 Å². The number of nitrogens with one attached hydrogen (secondary N) is 1. The minimum atomic E-state index is -3.95. The van der Waals surface area contributed by atoms with Crippen LogP contribution in [0.2, 0.25) is 5.02 Å². The number of nitrogens with zero attached hydrogens (tertiary/aromatic N) is 1. The SMILES string of the molecule is CCN(CC(=O)NC1CCS(=O)(=O)C1)S(=O)(=O)c1ccc(Br)cc1Cl. The number of sulfonamides is 1. The van der Waals surface area contributed by atoms with Gasteiger partial charge in [-0.15, -0.1) is 0 Å². The van der Waals surface area contributed by atoms with Gasteiger partial charge in [0.15, 0.2) is 9.84 Å². The Morgan fingerprint density at radius 3 is 2.64 bits per heavy atom. The van der Waals surface area contributed by atoms with Crippen LogP contribution in [0.1, 0.15) is 13.3 Å². The summed E-state index contributed by atoms with van der Waals surface area (Å²) in [4.78, 5) is 12.1. The van der Waals surface area contributed by atoms with Crippen molar-refractivity contribution in [2.75, 3.05) is 24.6 Å². The molecule has 1 N–H and O–H groups in total. The zero-order valence-corrected chi connectivity index (χ0v) is 17.4. The van der Waals surface area contributed by atoms with Crippen LogP contribution < -0.4 is 5.32 Å². The molecule has 1 aromatic carbocycles. The molecule has 0 saturated carbocycles. The highest BCUT2D eigenvalue weighted by Crippen LogP contribution is 2.27. The molecule has 0 spiro atoms. The van der Waals surface area contributed by atoms with E-state index in [9.17, 15) is 21.6 Å². The molecule has 11 heteroatoms. The number of rotatable bonds is 6. The summed E-state index contributed by atoms with van der Waals surface area (Å²) >= 11 is 9.23. The van der Waals surface area contributed by atoms with Gasteiger partial charge in [0.05, 0.1) is 23.1 Å². The Kier molecular flexibility index (Phi) is 6.53. The second-order valence-corrected chi connectivity index (χ2v) is 11.1. The number of halogens is 2. The number of sulfone groups is 1. The van der Waals surface area contributed by atoms with Gasteiger partial charge in [0.2, 0.25) is 15.9 Å². The first-order valence-electron chi connectivity index (χ1n) is 7.50. The first kappa shape index (κ1) is 20.6. The molecule has 1 aliphatic rings. The van der Waals surface area contributed by atoms with Crippen molar-refractivity contribution in [1.29, 1.82) is 0 Å². The van der Waals surface area contributed by atoms with Gasteiger partial charge in [0, 0.05) is 17.1 Å². The molecule has 1 aliphatic heterocycles. The average molecular weight is 474 g/mol. The molecule has 1 atom stereocenters. The Morgan fingerprint density at radius 2 is 2.12 bits per heavy atom. The van der Waals surface area contributed by atoms with E-state index in [1.54, 1.807) is 13.0 Å². The fraction of sp³-hybridized carbons (Fsp3) is 0.500. The maximum atomic E-state index is 12.7. The van der Waals surface area contributed by atoms with Crippen molar-refractivity contribution >= 4 is 53.3 Å². The molecule has 140 valence electrons. The summed E-state index contributed by atoms with van der Waals surface area (Å²) < 4.78 is 50.0. The van der Waals surface area contributed by atoms with Gasteiger partial charge in [-0.25, -0.2) is 16.8 Å². The van der Waals surface area contributed by atoms with Gasteiger partial charge in [0.1, 0.15) is 4.90 Å². The third-order valence-corrected chi connectivity index (χ3v) is 8.45. The summed E-state index contributed by atoms with van der Waals surface area (Å²) in [7, 11) is -7.07. The molecule has 0 aliphatic carbocycles. The van der Waals surface area contributed by atoms with E-state index in [0.29, 0.717) is 10.9 Å². The summed E-state index contributed by atoms with van der Waals surface area (Å²) in [6.45, 7) is 1.28. The summed E-state index contributed by atoms with van der Waals surface area (Å²) in [5.41, 5.74) is 0. The van der Waals surface area contributed by atoms with E-state index in [1.807, 2.05) is 0 Å². The minimum Gasteiger partial charge on any atom is -0.351 e. The molecule has 0 radical (unpaired) electrons. The van der Waals surface area contributed by atoms with Crippen LogP contribution in [0.5, 0.6) is 0 Å². The van der Waals surface area contributed by atoms with Crippen molar-refractivity contribution in [2.24, 2.45) is 0 Å². The first-order valence-corrected chi connectivity index (χ1v) is 11.9. The smallest absolute Gasteiger partial charge is 0.245 e. The van der Waals surface area contributed by atoms with Crippen molar-refractivity contribution in [3.8, 4) is 0 Å². The molecule has 1 saturated heterocycles. The van der Waals surface area contributed by atoms with Gasteiger partial charge in [-0.1, -0.05) is 34.5 Å². The van der Waals surface area contributed by atoms with E-state index in [1.165, 1.54) is 12.1 Å². The Labute approximate surface area is 160 Å². The van der Waals surface area contributed by atoms with E-state index < -0.39 is 38.4 Å². The van der Waals surface area contributed by atoms with Crippen LogP contribution >= 0.6 is 27.5 Å². The van der Waals surface area contributed by atoms with Gasteiger partial charge < -0.3 is 5.32 Å². The molecular formula is C14H18BrClN2O5S2. The highest BCUT2D eigenvalue weighted by atomic mass is 79.9. The highest BCUT2D eigenvalue weighted by molar-refractivity contribution is 9.10. The molecule has 2 rings (SSSR count). The van der Waals surface area contributed by atoms with Gasteiger partial charge >= 0.3 is 0 Å². The predicted octanol–water partition coefficient (Wildman–Crippen LogP) is 1.42. The lowest BCUT2D eigenvalue weighted by molar-refractivity contribution is -0.121. The van der Waals surface area contributed by atoms with Crippen LogP contribution in [0.25, 0.3) is 0 Å². The molecule has 0 bridgehead atoms. The zero-order chi connectivity index (χ0) is 18.8. The number of likely N-dealkylation sites (N-methyl/N-ethyl adjacent to an activating group) is 1. The topological polar surface area (TPSA) is 101 Å². The Balaban J connectivity index is 2.11. The second kappa shape index (κ2) is 7.91. The maximum Gasteiger partial charge on any atom is 0.245 e. The van der Waals surface area contributed by atoms with Crippen molar-refractivity contribution in [3.05, 3.63) is 27.7 Å². The van der Waals surface area contributed by atoms with Crippen LogP contribution in [-0.2, 0) is 24.7 Å². The normalized spacial score (nSPS) is 19.9. The number of carbonyl (C=O) groups excluding carboxylic acids is 1. The molecule has 1 unspecified atom stereocenters. The largest absolute Gasteiger partial charge is 0.351 e. The van der Waals surface area contributed by atoms with Crippen molar-refractivity contribution in [2.45, 2.75) is 24.3 Å². The maximum absolute atomic E-state index is 12.7. The second-order valence-electron chi connectivity index (χ2n) is 5.67. The Bertz CT molecular complexity index is 873. The molecule has 1 fully saturated rings. The lowest BCUT2D eigenvalue weighted by atomic mass is 10.2. The van der Waals surface area contributed by atoms with Crippen LogP contribution in [0.4, 0.5) is 0 Å². The average Bonchev–Trinajstić information content (AvgIpc) is 2.82. The zero-order valence-electron chi connectivity index (χ0n) is 13.4. The Hall–Kier alpha value is -0.680. The molecule has 7 nitrogen and oxygen atoms in total. The van der Waals surface area contributed by atoms with E-state index in [4.69, 9.17) is 11.6 Å². The molecule has 0 aromatic heterocycles. The lowest BCUT2D eigenvalue weighted by Crippen LogP contribution is -2.44. The number of benzene rings is 1. The summed E-state index contributed by atoms with van der Waals surface area (Å²) in [5.74, 6) is -0.626. The third kappa shape index (κ3) is 5.16. The fourth-order valence-electron chi connectivity index (χ4n) is 2.53. The standard InChI is InChI=1S/C14H18BrClN2O5S2/c1-2-18(8-14(19)17-11-5-6-24(20,21)9-11)25(22,23)13-4-3-10(15)7-12(13)16/h3-4,7,11H,2,5-6,8-9H2,1H3,(H,17,19). The van der Waals surface area contributed by atoms with Crippen LogP contribution in [-0.4, -0.2) is 57.7 Å². The molecule has 1 aromatic rings. The van der Waals surface area contributed by atoms with Crippen LogP contribution in [0.3, 0.4) is 0 Å². The van der Waals surface area contributed by atoms with Crippen molar-refractivity contribution in [3.63, 3.8) is 0 Å². The van der Waals surface area contributed by atoms with E-state index in [-0.39, 0.29) is 28.0 Å². The molecular weight excluding hydrogens is 456 g/mol. The van der Waals surface area contributed by atoms with Gasteiger partial charge in [-0.05, 0) is 24.6 Å². The van der Waals surface area contributed by atoms with Crippen molar-refractivity contribution < 1.29 is 21.6 Å². The van der Waals surface area contributed by atoms with Crippen molar-refractivity contribution in [1.82, 2.24) is 9.62 Å². The lowest BCUT2D eigenvalue weighted by Gasteiger charge is -2.21. The number of carbonyl (C=O) groups is 1. The van der Waals surface area contributed by atoms with E-state index in [0.717, 1.165) is 4.31 Å². The van der Waals surface area contributed by atoms with Gasteiger partial charge in [-0.3, -0.25) is 4.79 Å². The quantitative estimate of drug-likeness (QED) is 0.673. The highest BCUT2D eigenvalue weighted by Gasteiger charge is 2.31. The van der Waals surface area contributed by atoms with E-state index >= 15 is 0 Å². The summed E-state index contributed by atoms with van der Waals surface area (Å²) in [6.07, 6.45) is 0.339. The summed E-state index contributed by atoms with van der Waals surface area (Å²) in [6, 6.07) is 3.91. The number of hydrogen-bond acceptors (Lipinski definition) is 5. The van der Waals surface area contributed by atoms with Crippen LogP contribution in [0.15, 0.2) is 27.6 Å². The third-order valence-electron chi connectivity index (χ3n) is 3.78. The van der Waals surface area contributed by atoms with E-state index in [2.05, 4.69) is 21.2 Å². The minimum absolute atomic E-state index is 0.0300. The van der Waals surface area contributed by atoms with Crippen LogP contribution in [0, 0.1) is 0 Å². The van der Waals surface area contributed by atoms with Gasteiger partial charge in [0.25, 0.3) is 0 Å². The number of amides is 1. The monoisotopic (exact) mass is 472 g/mol. The predicted molar refractivity (Wildman–Crippen MR) is 98.8 cm³/mol. The molecule has 1 heterocycles. The fourth-order valence-corrected chi connectivity index (χ4v) is 6.62. The molecule has 1 amide bonds. The first-order chi connectivity index (χ1) is 11.5. The summed E-state index contributed by atoms with van der Waals surface area (Å²) in [5, 5.41) is 2.63. The molecule has 25 heavy (non-hydrogen) atoms.